The predicted octanol–water partition coefficient (Wildman–Crippen LogP) is 2.87. The summed E-state index contributed by atoms with van der Waals surface area (Å²) in [4.78, 5) is 24.8. The molecule has 0 aliphatic carbocycles. The molecule has 1 amide bonds. The Morgan fingerprint density at radius 3 is 2.31 bits per heavy atom. The molecule has 1 atom stereocenters. The van der Waals surface area contributed by atoms with E-state index < -0.39 is 34.5 Å². The number of esters is 1. The molecule has 7 nitrogen and oxygen atoms in total. The Morgan fingerprint density at radius 2 is 1.69 bits per heavy atom. The fourth-order valence-electron chi connectivity index (χ4n) is 3.01. The monoisotopic (exact) mass is 478 g/mol. The van der Waals surface area contributed by atoms with Gasteiger partial charge in [-0.05, 0) is 56.4 Å². The molecule has 2 N–H and O–H groups in total. The molecule has 0 aliphatic rings. The highest BCUT2D eigenvalue weighted by molar-refractivity contribution is 7.98. The highest BCUT2D eigenvalue weighted by Crippen LogP contribution is 2.17. The fraction of sp³-hybridized carbons (Fsp3) is 0.391. The minimum atomic E-state index is -3.93. The Labute approximate surface area is 194 Å². The van der Waals surface area contributed by atoms with Crippen molar-refractivity contribution in [2.75, 3.05) is 18.6 Å². The number of aryl methyl sites for hydroxylation is 3. The van der Waals surface area contributed by atoms with Gasteiger partial charge in [0, 0.05) is 6.54 Å². The van der Waals surface area contributed by atoms with E-state index in [1.807, 2.05) is 44.4 Å². The average Bonchev–Trinajstić information content (AvgIpc) is 2.74. The number of thioether (sulfide) groups is 1. The summed E-state index contributed by atoms with van der Waals surface area (Å²) in [6.07, 6.45) is 2.11. The summed E-state index contributed by atoms with van der Waals surface area (Å²) in [6.45, 7) is 5.38. The number of rotatable bonds is 11. The molecule has 2 aromatic rings. The number of benzene rings is 2. The van der Waals surface area contributed by atoms with Crippen LogP contribution in [0.25, 0.3) is 0 Å². The third-order valence-corrected chi connectivity index (χ3v) is 7.04. The number of hydrogen-bond acceptors (Lipinski definition) is 6. The van der Waals surface area contributed by atoms with Crippen molar-refractivity contribution in [1.82, 2.24) is 10.0 Å². The predicted molar refractivity (Wildman–Crippen MR) is 127 cm³/mol. The number of carbonyl (C=O) groups excluding carboxylic acids is 2. The van der Waals surface area contributed by atoms with Crippen molar-refractivity contribution in [3.05, 3.63) is 64.7 Å². The van der Waals surface area contributed by atoms with Gasteiger partial charge in [-0.3, -0.25) is 9.59 Å². The molecule has 0 heterocycles. The smallest absolute Gasteiger partial charge is 0.324 e. The van der Waals surface area contributed by atoms with Gasteiger partial charge in [0.05, 0.1) is 4.90 Å². The lowest BCUT2D eigenvalue weighted by Crippen LogP contribution is -2.43. The molecule has 0 aliphatic heterocycles. The van der Waals surface area contributed by atoms with Gasteiger partial charge in [-0.1, -0.05) is 47.5 Å². The number of hydrogen-bond donors (Lipinski definition) is 2. The zero-order valence-electron chi connectivity index (χ0n) is 18.8. The van der Waals surface area contributed by atoms with Crippen LogP contribution >= 0.6 is 11.8 Å². The first kappa shape index (κ1) is 25.9. The summed E-state index contributed by atoms with van der Waals surface area (Å²) in [5.74, 6) is -0.688. The highest BCUT2D eigenvalue weighted by atomic mass is 32.2. The molecule has 32 heavy (non-hydrogen) atoms. The van der Waals surface area contributed by atoms with Crippen LogP contribution in [0, 0.1) is 20.8 Å². The molecule has 0 bridgehead atoms. The van der Waals surface area contributed by atoms with Crippen LogP contribution in [0.3, 0.4) is 0 Å². The summed E-state index contributed by atoms with van der Waals surface area (Å²) in [5.41, 5.74) is 3.57. The van der Waals surface area contributed by atoms with Crippen molar-refractivity contribution in [2.24, 2.45) is 0 Å². The summed E-state index contributed by atoms with van der Waals surface area (Å²) in [5, 5.41) is 2.68. The van der Waals surface area contributed by atoms with E-state index in [0.29, 0.717) is 17.9 Å². The third-order valence-electron chi connectivity index (χ3n) is 4.77. The standard InChI is InChI=1S/C23H30N2O5S2/c1-16-5-8-19(9-6-16)14-24-22(26)15-30-23(27)20(11-12-31-4)25-32(28,29)21-10-7-17(2)13-18(21)3/h5-10,13,20,25H,11-12,14-15H2,1-4H3,(H,24,26)/t20-/m0/s1. The van der Waals surface area contributed by atoms with E-state index in [0.717, 1.165) is 16.7 Å². The maximum Gasteiger partial charge on any atom is 0.324 e. The third kappa shape index (κ3) is 7.96. The molecule has 0 radical (unpaired) electrons. The van der Waals surface area contributed by atoms with Gasteiger partial charge in [-0.25, -0.2) is 8.42 Å². The van der Waals surface area contributed by atoms with Crippen LogP contribution in [0.2, 0.25) is 0 Å². The van der Waals surface area contributed by atoms with Crippen LogP contribution in [0.1, 0.15) is 28.7 Å². The first-order valence-corrected chi connectivity index (χ1v) is 13.1. The van der Waals surface area contributed by atoms with Gasteiger partial charge < -0.3 is 10.1 Å². The van der Waals surface area contributed by atoms with Crippen LogP contribution in [-0.2, 0) is 30.9 Å². The second kappa shape index (κ2) is 12.0. The minimum Gasteiger partial charge on any atom is -0.454 e. The van der Waals surface area contributed by atoms with Crippen molar-refractivity contribution >= 4 is 33.7 Å². The maximum absolute atomic E-state index is 12.9. The lowest BCUT2D eigenvalue weighted by molar-refractivity contribution is -0.150. The molecule has 9 heteroatoms. The molecule has 0 fully saturated rings. The van der Waals surface area contributed by atoms with Gasteiger partial charge in [0.15, 0.2) is 6.61 Å². The van der Waals surface area contributed by atoms with Crippen molar-refractivity contribution in [1.29, 1.82) is 0 Å². The Kier molecular flexibility index (Phi) is 9.74. The van der Waals surface area contributed by atoms with E-state index >= 15 is 0 Å². The average molecular weight is 479 g/mol. The van der Waals surface area contributed by atoms with Crippen LogP contribution in [0.15, 0.2) is 47.4 Å². The Morgan fingerprint density at radius 1 is 1.03 bits per heavy atom. The molecule has 0 spiro atoms. The maximum atomic E-state index is 12.9. The topological polar surface area (TPSA) is 102 Å². The van der Waals surface area contributed by atoms with E-state index in [4.69, 9.17) is 4.74 Å². The van der Waals surface area contributed by atoms with Gasteiger partial charge in [-0.2, -0.15) is 16.5 Å². The second-order valence-corrected chi connectivity index (χ2v) is 10.3. The summed E-state index contributed by atoms with van der Waals surface area (Å²) in [6, 6.07) is 11.6. The van der Waals surface area contributed by atoms with E-state index in [2.05, 4.69) is 10.0 Å². The van der Waals surface area contributed by atoms with E-state index in [9.17, 15) is 18.0 Å². The van der Waals surface area contributed by atoms with Crippen molar-refractivity contribution in [2.45, 2.75) is 44.7 Å². The van der Waals surface area contributed by atoms with Crippen LogP contribution in [0.4, 0.5) is 0 Å². The molecule has 0 unspecified atom stereocenters. The summed E-state index contributed by atoms with van der Waals surface area (Å²) < 4.78 is 33.3. The van der Waals surface area contributed by atoms with Gasteiger partial charge in [-0.15, -0.1) is 0 Å². The second-order valence-electron chi connectivity index (χ2n) is 7.59. The zero-order chi connectivity index (χ0) is 23.7. The molecule has 0 aromatic heterocycles. The lowest BCUT2D eigenvalue weighted by Gasteiger charge is -2.18. The molecule has 0 saturated heterocycles. The number of amides is 1. The highest BCUT2D eigenvalue weighted by Gasteiger charge is 2.28. The number of carbonyl (C=O) groups is 2. The van der Waals surface area contributed by atoms with Gasteiger partial charge in [0.1, 0.15) is 6.04 Å². The molecular weight excluding hydrogens is 448 g/mol. The first-order chi connectivity index (χ1) is 15.1. The fourth-order valence-corrected chi connectivity index (χ4v) is 4.92. The summed E-state index contributed by atoms with van der Waals surface area (Å²) >= 11 is 1.48. The van der Waals surface area contributed by atoms with E-state index in [1.165, 1.54) is 17.8 Å². The van der Waals surface area contributed by atoms with Gasteiger partial charge in [0.2, 0.25) is 10.0 Å². The van der Waals surface area contributed by atoms with E-state index in [1.54, 1.807) is 19.1 Å². The summed E-state index contributed by atoms with van der Waals surface area (Å²) in [7, 11) is -3.93. The largest absolute Gasteiger partial charge is 0.454 e. The SMILES string of the molecule is CSCC[C@H](NS(=O)(=O)c1ccc(C)cc1C)C(=O)OCC(=O)NCc1ccc(C)cc1. The van der Waals surface area contributed by atoms with Gasteiger partial charge >= 0.3 is 5.97 Å². The number of sulfonamides is 1. The molecule has 0 saturated carbocycles. The molecule has 174 valence electrons. The zero-order valence-corrected chi connectivity index (χ0v) is 20.4. The van der Waals surface area contributed by atoms with Crippen LogP contribution in [0.5, 0.6) is 0 Å². The first-order valence-electron chi connectivity index (χ1n) is 10.2. The quantitative estimate of drug-likeness (QED) is 0.482. The number of ether oxygens (including phenoxy) is 1. The van der Waals surface area contributed by atoms with Crippen molar-refractivity contribution in [3.63, 3.8) is 0 Å². The Balaban J connectivity index is 1.97. The van der Waals surface area contributed by atoms with Crippen LogP contribution in [-0.4, -0.2) is 45.0 Å². The normalized spacial score (nSPS) is 12.2. The lowest BCUT2D eigenvalue weighted by atomic mass is 10.1. The molecule has 2 rings (SSSR count). The van der Waals surface area contributed by atoms with Gasteiger partial charge in [0.25, 0.3) is 5.91 Å². The van der Waals surface area contributed by atoms with Crippen molar-refractivity contribution < 1.29 is 22.7 Å². The van der Waals surface area contributed by atoms with E-state index in [-0.39, 0.29) is 11.3 Å². The minimum absolute atomic E-state index is 0.112. The Hall–Kier alpha value is -2.36. The Bertz CT molecular complexity index is 1040. The number of nitrogens with one attached hydrogen (secondary N) is 2. The van der Waals surface area contributed by atoms with Crippen molar-refractivity contribution in [3.8, 4) is 0 Å². The van der Waals surface area contributed by atoms with Crippen LogP contribution < -0.4 is 10.0 Å². The molecule has 2 aromatic carbocycles. The molecular formula is C23H30N2O5S2.